The van der Waals surface area contributed by atoms with Crippen LogP contribution in [0.2, 0.25) is 0 Å². The third kappa shape index (κ3) is 4.75. The van der Waals surface area contributed by atoms with Crippen LogP contribution >= 0.6 is 12.4 Å². The lowest BCUT2D eigenvalue weighted by Crippen LogP contribution is -2.19. The van der Waals surface area contributed by atoms with Gasteiger partial charge in [-0.2, -0.15) is 0 Å². The van der Waals surface area contributed by atoms with Gasteiger partial charge in [0, 0.05) is 6.54 Å². The van der Waals surface area contributed by atoms with Crippen LogP contribution in [0.1, 0.15) is 36.0 Å². The average Bonchev–Trinajstić information content (AvgIpc) is 2.78. The third-order valence-electron chi connectivity index (χ3n) is 4.56. The Morgan fingerprint density at radius 1 is 1.08 bits per heavy atom. The lowest BCUT2D eigenvalue weighted by Gasteiger charge is -2.17. The molecule has 0 saturated carbocycles. The zero-order valence-electron chi connectivity index (χ0n) is 14.5. The first-order chi connectivity index (χ1) is 11.8. The lowest BCUT2D eigenvalue weighted by atomic mass is 9.90. The van der Waals surface area contributed by atoms with Crippen molar-refractivity contribution in [1.82, 2.24) is 5.32 Å². The minimum absolute atomic E-state index is 0. The first-order valence-corrected chi connectivity index (χ1v) is 8.71. The lowest BCUT2D eigenvalue weighted by molar-refractivity contribution is 0.475. The van der Waals surface area contributed by atoms with Crippen LogP contribution < -0.4 is 5.32 Å². The quantitative estimate of drug-likeness (QED) is 0.557. The fraction of sp³-hybridized carbons (Fsp3) is 0.273. The van der Waals surface area contributed by atoms with Gasteiger partial charge in [0.25, 0.3) is 0 Å². The zero-order chi connectivity index (χ0) is 16.8. The first kappa shape index (κ1) is 19.3. The highest BCUT2D eigenvalue weighted by Gasteiger charge is 2.18. The molecule has 0 unspecified atom stereocenters. The van der Waals surface area contributed by atoms with Gasteiger partial charge in [0.2, 0.25) is 0 Å². The molecule has 2 aromatic rings. The molecule has 132 valence electrons. The second kappa shape index (κ2) is 9.45. The molecule has 0 amide bonds. The van der Waals surface area contributed by atoms with E-state index in [1.54, 1.807) is 6.07 Å². The van der Waals surface area contributed by atoms with Crippen LogP contribution in [0.5, 0.6) is 5.75 Å². The molecule has 0 radical (unpaired) electrons. The van der Waals surface area contributed by atoms with E-state index in [1.807, 2.05) is 18.2 Å². The maximum atomic E-state index is 9.95. The Morgan fingerprint density at radius 3 is 2.72 bits per heavy atom. The second-order valence-corrected chi connectivity index (χ2v) is 6.29. The van der Waals surface area contributed by atoms with Crippen molar-refractivity contribution in [2.75, 3.05) is 13.1 Å². The number of rotatable bonds is 6. The molecular formula is C22H26ClNO. The molecule has 0 fully saturated rings. The summed E-state index contributed by atoms with van der Waals surface area (Å²) >= 11 is 0. The Morgan fingerprint density at radius 2 is 1.92 bits per heavy atom. The van der Waals surface area contributed by atoms with Gasteiger partial charge in [-0.1, -0.05) is 42.5 Å². The van der Waals surface area contributed by atoms with E-state index in [2.05, 4.69) is 42.2 Å². The molecule has 3 rings (SSSR count). The van der Waals surface area contributed by atoms with Gasteiger partial charge in [-0.25, -0.2) is 0 Å². The van der Waals surface area contributed by atoms with Crippen molar-refractivity contribution in [3.8, 4) is 5.75 Å². The molecular weight excluding hydrogens is 330 g/mol. The number of nitrogens with one attached hydrogen (secondary N) is 1. The molecule has 0 atom stereocenters. The number of hydrogen-bond acceptors (Lipinski definition) is 2. The topological polar surface area (TPSA) is 32.3 Å². The number of halogens is 1. The fourth-order valence-electron chi connectivity index (χ4n) is 3.43. The van der Waals surface area contributed by atoms with Crippen molar-refractivity contribution in [2.45, 2.75) is 25.7 Å². The Kier molecular flexibility index (Phi) is 7.30. The summed E-state index contributed by atoms with van der Waals surface area (Å²) in [4.78, 5) is 0. The highest BCUT2D eigenvalue weighted by molar-refractivity contribution is 5.85. The van der Waals surface area contributed by atoms with Crippen LogP contribution in [0, 0.1) is 0 Å². The van der Waals surface area contributed by atoms with E-state index in [1.165, 1.54) is 22.3 Å². The van der Waals surface area contributed by atoms with E-state index >= 15 is 0 Å². The van der Waals surface area contributed by atoms with Gasteiger partial charge in [-0.3, -0.25) is 0 Å². The molecule has 1 aliphatic rings. The summed E-state index contributed by atoms with van der Waals surface area (Å²) < 4.78 is 0. The molecule has 0 aliphatic heterocycles. The summed E-state index contributed by atoms with van der Waals surface area (Å²) in [7, 11) is 0. The van der Waals surface area contributed by atoms with Crippen molar-refractivity contribution in [1.29, 1.82) is 0 Å². The van der Waals surface area contributed by atoms with Crippen molar-refractivity contribution >= 4 is 18.0 Å². The molecule has 0 saturated heterocycles. The Balaban J connectivity index is 0.00000225. The molecule has 2 nitrogen and oxygen atoms in total. The van der Waals surface area contributed by atoms with Crippen LogP contribution in [0.15, 0.2) is 66.8 Å². The number of phenolic OH excluding ortho intramolecular Hbond substituents is 1. The van der Waals surface area contributed by atoms with E-state index in [9.17, 15) is 5.11 Å². The Hall–Kier alpha value is -2.03. The van der Waals surface area contributed by atoms with E-state index in [-0.39, 0.29) is 12.4 Å². The van der Waals surface area contributed by atoms with Gasteiger partial charge in [-0.15, -0.1) is 19.0 Å². The summed E-state index contributed by atoms with van der Waals surface area (Å²) in [6.45, 7) is 5.61. The normalized spacial score (nSPS) is 13.6. The van der Waals surface area contributed by atoms with E-state index in [4.69, 9.17) is 0 Å². The standard InChI is InChI=1S/C22H25NO.ClH/c1-2-3-14-23-16-19-11-6-9-17-8-4-5-13-21(17)22(19)18-10-7-12-20(24)15-18;/h2,4-5,7-8,10,12-13,15,23-24H,1,3,6,9,11,14,16H2;1H. The fourth-order valence-corrected chi connectivity index (χ4v) is 3.43. The van der Waals surface area contributed by atoms with Crippen LogP contribution in [0.25, 0.3) is 5.57 Å². The highest BCUT2D eigenvalue weighted by Crippen LogP contribution is 2.35. The molecule has 3 heteroatoms. The predicted octanol–water partition coefficient (Wildman–Crippen LogP) is 5.12. The molecule has 0 spiro atoms. The van der Waals surface area contributed by atoms with E-state index in [0.29, 0.717) is 5.75 Å². The maximum absolute atomic E-state index is 9.95. The molecule has 2 aromatic carbocycles. The summed E-state index contributed by atoms with van der Waals surface area (Å²) in [5.41, 5.74) is 6.52. The van der Waals surface area contributed by atoms with Crippen LogP contribution in [0.3, 0.4) is 0 Å². The van der Waals surface area contributed by atoms with Crippen molar-refractivity contribution in [3.05, 3.63) is 83.4 Å². The summed E-state index contributed by atoms with van der Waals surface area (Å²) in [5.74, 6) is 0.320. The number of aromatic hydroxyl groups is 1. The second-order valence-electron chi connectivity index (χ2n) is 6.29. The molecule has 0 bridgehead atoms. The molecule has 1 aliphatic carbocycles. The smallest absolute Gasteiger partial charge is 0.116 e. The average molecular weight is 356 g/mol. The highest BCUT2D eigenvalue weighted by atomic mass is 35.5. The summed E-state index contributed by atoms with van der Waals surface area (Å²) in [5, 5.41) is 13.5. The summed E-state index contributed by atoms with van der Waals surface area (Å²) in [6, 6.07) is 16.3. The van der Waals surface area contributed by atoms with Gasteiger partial charge >= 0.3 is 0 Å². The number of hydrogen-bond donors (Lipinski definition) is 2. The number of phenols is 1. The largest absolute Gasteiger partial charge is 0.508 e. The minimum Gasteiger partial charge on any atom is -0.508 e. The number of fused-ring (bicyclic) bond motifs is 1. The van der Waals surface area contributed by atoms with E-state index in [0.717, 1.165) is 44.3 Å². The third-order valence-corrected chi connectivity index (χ3v) is 4.56. The van der Waals surface area contributed by atoms with Gasteiger partial charge in [0.1, 0.15) is 5.75 Å². The number of benzene rings is 2. The predicted molar refractivity (Wildman–Crippen MR) is 108 cm³/mol. The molecule has 0 aromatic heterocycles. The monoisotopic (exact) mass is 355 g/mol. The van der Waals surface area contributed by atoms with E-state index < -0.39 is 0 Å². The number of aryl methyl sites for hydroxylation is 1. The molecule has 2 N–H and O–H groups in total. The minimum atomic E-state index is 0. The van der Waals surface area contributed by atoms with Crippen LogP contribution in [0.4, 0.5) is 0 Å². The van der Waals surface area contributed by atoms with Crippen LogP contribution in [-0.2, 0) is 6.42 Å². The van der Waals surface area contributed by atoms with Gasteiger partial charge in [0.15, 0.2) is 0 Å². The maximum Gasteiger partial charge on any atom is 0.116 e. The molecule has 0 heterocycles. The van der Waals surface area contributed by atoms with Crippen LogP contribution in [-0.4, -0.2) is 18.2 Å². The van der Waals surface area contributed by atoms with Crippen molar-refractivity contribution in [2.24, 2.45) is 0 Å². The Bertz CT molecular complexity index is 751. The SMILES string of the molecule is C=CCCNCC1=C(c2cccc(O)c2)c2ccccc2CCC1.Cl. The zero-order valence-corrected chi connectivity index (χ0v) is 15.3. The molecule has 25 heavy (non-hydrogen) atoms. The Labute approximate surface area is 156 Å². The summed E-state index contributed by atoms with van der Waals surface area (Å²) in [6.07, 6.45) is 6.28. The first-order valence-electron chi connectivity index (χ1n) is 8.71. The van der Waals surface area contributed by atoms with Crippen molar-refractivity contribution < 1.29 is 5.11 Å². The van der Waals surface area contributed by atoms with Gasteiger partial charge in [0.05, 0.1) is 0 Å². The van der Waals surface area contributed by atoms with Gasteiger partial charge in [-0.05, 0) is 72.2 Å². The van der Waals surface area contributed by atoms with Gasteiger partial charge < -0.3 is 10.4 Å². The van der Waals surface area contributed by atoms with Crippen molar-refractivity contribution in [3.63, 3.8) is 0 Å².